The van der Waals surface area contributed by atoms with Crippen LogP contribution in [0.2, 0.25) is 0 Å². The van der Waals surface area contributed by atoms with Crippen LogP contribution >= 0.6 is 38.5 Å². The van der Waals surface area contributed by atoms with Crippen molar-refractivity contribution >= 4 is 38.5 Å². The predicted molar refractivity (Wildman–Crippen MR) is 79.8 cm³/mol. The van der Waals surface area contributed by atoms with Crippen molar-refractivity contribution in [1.82, 2.24) is 0 Å². The van der Waals surface area contributed by atoms with Crippen LogP contribution in [0.5, 0.6) is 0 Å². The molecule has 1 N–H and O–H groups in total. The first-order chi connectivity index (χ1) is 8.11. The molecular weight excluding hydrogens is 395 g/mol. The summed E-state index contributed by atoms with van der Waals surface area (Å²) in [5.74, 6) is 1.40. The maximum absolute atomic E-state index is 9.68. The van der Waals surface area contributed by atoms with Crippen LogP contribution in [0.15, 0.2) is 39.2 Å². The second kappa shape index (κ2) is 5.54. The lowest BCUT2D eigenvalue weighted by Crippen LogP contribution is -1.91. The van der Waals surface area contributed by atoms with Gasteiger partial charge < -0.3 is 9.52 Å². The molecule has 1 atom stereocenters. The number of hydrogen-bond donors (Lipinski definition) is 1. The molecule has 1 heterocycles. The number of benzene rings is 1. The number of hydrogen-bond acceptors (Lipinski definition) is 2. The Morgan fingerprint density at radius 2 is 2.12 bits per heavy atom. The van der Waals surface area contributed by atoms with Crippen LogP contribution in [-0.2, 0) is 0 Å². The molecule has 0 fully saturated rings. The van der Waals surface area contributed by atoms with Crippen LogP contribution in [-0.4, -0.2) is 5.11 Å². The summed E-state index contributed by atoms with van der Waals surface area (Å²) in [6.45, 7) is 1.92. The third-order valence-corrected chi connectivity index (χ3v) is 4.88. The van der Waals surface area contributed by atoms with Crippen molar-refractivity contribution in [1.29, 1.82) is 0 Å². The molecule has 2 nitrogen and oxygen atoms in total. The summed E-state index contributed by atoms with van der Waals surface area (Å²) in [7, 11) is 0. The van der Waals surface area contributed by atoms with E-state index in [4.69, 9.17) is 4.42 Å². The van der Waals surface area contributed by atoms with Gasteiger partial charge in [0.25, 0.3) is 0 Å². The van der Waals surface area contributed by atoms with Gasteiger partial charge in [0.2, 0.25) is 0 Å². The number of furan rings is 1. The molecule has 2 aromatic rings. The standard InChI is InChI=1S/C13H12BrIO2/c1-2-11(16)13-6-5-12(17-13)8-3-4-10(15)9(14)7-8/h3-7,11,16H,2H2,1H3. The highest BCUT2D eigenvalue weighted by Crippen LogP contribution is 2.30. The van der Waals surface area contributed by atoms with Crippen molar-refractivity contribution in [2.45, 2.75) is 19.4 Å². The van der Waals surface area contributed by atoms with Gasteiger partial charge in [-0.05, 0) is 69.2 Å². The normalized spacial score (nSPS) is 12.7. The zero-order valence-corrected chi connectivity index (χ0v) is 13.0. The Kier molecular flexibility index (Phi) is 4.27. The number of halogens is 2. The maximum Gasteiger partial charge on any atom is 0.134 e. The fourth-order valence-electron chi connectivity index (χ4n) is 1.54. The van der Waals surface area contributed by atoms with Gasteiger partial charge in [-0.2, -0.15) is 0 Å². The molecule has 1 unspecified atom stereocenters. The Hall–Kier alpha value is -0.330. The lowest BCUT2D eigenvalue weighted by Gasteiger charge is -2.03. The molecule has 0 aliphatic carbocycles. The summed E-state index contributed by atoms with van der Waals surface area (Å²) in [5, 5.41) is 9.68. The molecule has 90 valence electrons. The van der Waals surface area contributed by atoms with Crippen LogP contribution in [0.4, 0.5) is 0 Å². The molecule has 0 saturated carbocycles. The topological polar surface area (TPSA) is 33.4 Å². The van der Waals surface area contributed by atoms with Crippen molar-refractivity contribution in [3.8, 4) is 11.3 Å². The molecule has 0 spiro atoms. The molecule has 1 aromatic heterocycles. The van der Waals surface area contributed by atoms with E-state index < -0.39 is 6.10 Å². The van der Waals surface area contributed by atoms with Crippen molar-refractivity contribution < 1.29 is 9.52 Å². The van der Waals surface area contributed by atoms with E-state index in [1.807, 2.05) is 37.3 Å². The predicted octanol–water partition coefficient (Wildman–Crippen LogP) is 4.76. The van der Waals surface area contributed by atoms with E-state index in [0.29, 0.717) is 12.2 Å². The largest absolute Gasteiger partial charge is 0.458 e. The van der Waals surface area contributed by atoms with Gasteiger partial charge in [0, 0.05) is 13.6 Å². The average Bonchev–Trinajstić information content (AvgIpc) is 2.81. The molecule has 0 bridgehead atoms. The first-order valence-electron chi connectivity index (χ1n) is 5.35. The summed E-state index contributed by atoms with van der Waals surface area (Å²) in [6, 6.07) is 9.77. The Morgan fingerprint density at radius 3 is 2.76 bits per heavy atom. The summed E-state index contributed by atoms with van der Waals surface area (Å²) in [5.41, 5.74) is 1.01. The van der Waals surface area contributed by atoms with Gasteiger partial charge in [-0.25, -0.2) is 0 Å². The molecule has 0 saturated heterocycles. The maximum atomic E-state index is 9.68. The minimum Gasteiger partial charge on any atom is -0.458 e. The van der Waals surface area contributed by atoms with Gasteiger partial charge in [0.15, 0.2) is 0 Å². The lowest BCUT2D eigenvalue weighted by atomic mass is 10.2. The minimum atomic E-state index is -0.518. The van der Waals surface area contributed by atoms with Crippen molar-refractivity contribution in [2.24, 2.45) is 0 Å². The monoisotopic (exact) mass is 406 g/mol. The summed E-state index contributed by atoms with van der Waals surface area (Å²) in [6.07, 6.45) is 0.139. The molecule has 4 heteroatoms. The highest BCUT2D eigenvalue weighted by Gasteiger charge is 2.11. The quantitative estimate of drug-likeness (QED) is 0.745. The van der Waals surface area contributed by atoms with Crippen LogP contribution in [0.1, 0.15) is 25.2 Å². The van der Waals surface area contributed by atoms with Crippen LogP contribution in [0, 0.1) is 3.57 Å². The lowest BCUT2D eigenvalue weighted by molar-refractivity contribution is 0.147. The minimum absolute atomic E-state index is 0.518. The Morgan fingerprint density at radius 1 is 1.35 bits per heavy atom. The van der Waals surface area contributed by atoms with E-state index >= 15 is 0 Å². The number of rotatable bonds is 3. The van der Waals surface area contributed by atoms with E-state index in [0.717, 1.165) is 19.4 Å². The SMILES string of the molecule is CCC(O)c1ccc(-c2ccc(I)c(Br)c2)o1. The van der Waals surface area contributed by atoms with Gasteiger partial charge in [0.1, 0.15) is 17.6 Å². The highest BCUT2D eigenvalue weighted by molar-refractivity contribution is 14.1. The van der Waals surface area contributed by atoms with Crippen LogP contribution < -0.4 is 0 Å². The molecule has 0 aliphatic rings. The fourth-order valence-corrected chi connectivity index (χ4v) is 2.25. The van der Waals surface area contributed by atoms with E-state index in [1.165, 1.54) is 0 Å². The third kappa shape index (κ3) is 2.92. The molecular formula is C13H12BrIO2. The smallest absolute Gasteiger partial charge is 0.134 e. The van der Waals surface area contributed by atoms with Gasteiger partial charge in [-0.3, -0.25) is 0 Å². The first kappa shape index (κ1) is 13.1. The Balaban J connectivity index is 2.33. The third-order valence-electron chi connectivity index (χ3n) is 2.55. The van der Waals surface area contributed by atoms with Crippen LogP contribution in [0.25, 0.3) is 11.3 Å². The van der Waals surface area contributed by atoms with Crippen molar-refractivity contribution in [3.05, 3.63) is 44.1 Å². The first-order valence-corrected chi connectivity index (χ1v) is 7.22. The second-order valence-corrected chi connectivity index (χ2v) is 5.77. The highest BCUT2D eigenvalue weighted by atomic mass is 127. The molecule has 2 rings (SSSR count). The van der Waals surface area contributed by atoms with Gasteiger partial charge >= 0.3 is 0 Å². The number of aliphatic hydroxyl groups excluding tert-OH is 1. The van der Waals surface area contributed by atoms with Crippen molar-refractivity contribution in [3.63, 3.8) is 0 Å². The number of aliphatic hydroxyl groups is 1. The summed E-state index contributed by atoms with van der Waals surface area (Å²) < 4.78 is 7.85. The summed E-state index contributed by atoms with van der Waals surface area (Å²) in [4.78, 5) is 0. The molecule has 0 radical (unpaired) electrons. The van der Waals surface area contributed by atoms with Crippen LogP contribution in [0.3, 0.4) is 0 Å². The van der Waals surface area contributed by atoms with E-state index in [2.05, 4.69) is 38.5 Å². The van der Waals surface area contributed by atoms with Gasteiger partial charge in [0.05, 0.1) is 0 Å². The molecule has 0 aliphatic heterocycles. The fraction of sp³-hybridized carbons (Fsp3) is 0.231. The average molecular weight is 407 g/mol. The molecule has 0 amide bonds. The van der Waals surface area contributed by atoms with Gasteiger partial charge in [-0.1, -0.05) is 13.0 Å². The molecule has 17 heavy (non-hydrogen) atoms. The zero-order chi connectivity index (χ0) is 12.4. The summed E-state index contributed by atoms with van der Waals surface area (Å²) >= 11 is 5.76. The zero-order valence-electron chi connectivity index (χ0n) is 9.28. The Bertz CT molecular complexity index is 522. The van der Waals surface area contributed by atoms with E-state index in [1.54, 1.807) is 0 Å². The molecule has 1 aromatic carbocycles. The van der Waals surface area contributed by atoms with E-state index in [9.17, 15) is 5.11 Å². The second-order valence-electron chi connectivity index (χ2n) is 3.75. The van der Waals surface area contributed by atoms with E-state index in [-0.39, 0.29) is 0 Å². The Labute approximate surface area is 122 Å². The van der Waals surface area contributed by atoms with Gasteiger partial charge in [-0.15, -0.1) is 0 Å². The van der Waals surface area contributed by atoms with Crippen molar-refractivity contribution in [2.75, 3.05) is 0 Å².